The lowest BCUT2D eigenvalue weighted by atomic mass is 10.1. The average Bonchev–Trinajstić information content (AvgIpc) is 2.35. The molecule has 0 aliphatic carbocycles. The summed E-state index contributed by atoms with van der Waals surface area (Å²) in [5.74, 6) is 0.570. The van der Waals surface area contributed by atoms with Crippen LogP contribution in [-0.4, -0.2) is 30.9 Å². The van der Waals surface area contributed by atoms with Crippen LogP contribution in [-0.2, 0) is 4.79 Å². The van der Waals surface area contributed by atoms with E-state index in [1.54, 1.807) is 0 Å². The molecule has 1 atom stereocenters. The van der Waals surface area contributed by atoms with Crippen molar-refractivity contribution in [3.05, 3.63) is 0 Å². The van der Waals surface area contributed by atoms with Gasteiger partial charge in [0.1, 0.15) is 0 Å². The highest BCUT2D eigenvalue weighted by molar-refractivity contribution is 7.78. The summed E-state index contributed by atoms with van der Waals surface area (Å²) < 4.78 is 2.34. The SMILES string of the molecule is CN1CCC(CC(=O)NS)C1. The third-order valence-corrected chi connectivity index (χ3v) is 2.34. The third kappa shape index (κ3) is 2.71. The van der Waals surface area contributed by atoms with Crippen molar-refractivity contribution in [1.82, 2.24) is 9.62 Å². The van der Waals surface area contributed by atoms with Crippen LogP contribution in [0.25, 0.3) is 0 Å². The van der Waals surface area contributed by atoms with E-state index < -0.39 is 0 Å². The van der Waals surface area contributed by atoms with E-state index in [0.29, 0.717) is 12.3 Å². The van der Waals surface area contributed by atoms with Crippen LogP contribution < -0.4 is 4.72 Å². The van der Waals surface area contributed by atoms with Gasteiger partial charge in [0.25, 0.3) is 0 Å². The molecule has 11 heavy (non-hydrogen) atoms. The average molecular weight is 174 g/mol. The van der Waals surface area contributed by atoms with E-state index in [0.717, 1.165) is 19.5 Å². The van der Waals surface area contributed by atoms with Gasteiger partial charge in [-0.25, -0.2) is 0 Å². The Morgan fingerprint density at radius 2 is 2.55 bits per heavy atom. The Hall–Kier alpha value is -0.220. The molecule has 0 aromatic rings. The molecule has 4 heteroatoms. The second kappa shape index (κ2) is 3.97. The van der Waals surface area contributed by atoms with E-state index in [2.05, 4.69) is 29.5 Å². The number of nitrogens with one attached hydrogen (secondary N) is 1. The van der Waals surface area contributed by atoms with Crippen LogP contribution in [0.15, 0.2) is 0 Å². The first-order chi connectivity index (χ1) is 5.22. The van der Waals surface area contributed by atoms with Crippen molar-refractivity contribution in [3.63, 3.8) is 0 Å². The van der Waals surface area contributed by atoms with Crippen molar-refractivity contribution < 1.29 is 4.79 Å². The smallest absolute Gasteiger partial charge is 0.229 e. The number of nitrogens with zero attached hydrogens (tertiary/aromatic N) is 1. The normalized spacial score (nSPS) is 25.5. The molecule has 0 radical (unpaired) electrons. The molecule has 1 fully saturated rings. The summed E-state index contributed by atoms with van der Waals surface area (Å²) >= 11 is 3.70. The van der Waals surface area contributed by atoms with E-state index in [-0.39, 0.29) is 5.91 Å². The number of hydrogen-bond donors (Lipinski definition) is 2. The molecule has 0 spiro atoms. The molecular weight excluding hydrogens is 160 g/mol. The third-order valence-electron chi connectivity index (χ3n) is 2.09. The quantitative estimate of drug-likeness (QED) is 0.590. The number of likely N-dealkylation sites (tertiary alicyclic amines) is 1. The Bertz CT molecular complexity index is 151. The van der Waals surface area contributed by atoms with Crippen molar-refractivity contribution >= 4 is 18.7 Å². The van der Waals surface area contributed by atoms with Crippen LogP contribution in [0.5, 0.6) is 0 Å². The standard InChI is InChI=1S/C7H14N2OS/c1-9-3-2-6(5-9)4-7(10)8-11/h6,11H,2-5H2,1H3,(H,8,10). The van der Waals surface area contributed by atoms with Gasteiger partial charge in [-0.05, 0) is 25.9 Å². The lowest BCUT2D eigenvalue weighted by Crippen LogP contribution is -2.20. The van der Waals surface area contributed by atoms with E-state index in [9.17, 15) is 4.79 Å². The van der Waals surface area contributed by atoms with Crippen molar-refractivity contribution in [2.45, 2.75) is 12.8 Å². The summed E-state index contributed by atoms with van der Waals surface area (Å²) in [6, 6.07) is 0. The highest BCUT2D eigenvalue weighted by Crippen LogP contribution is 2.17. The van der Waals surface area contributed by atoms with Gasteiger partial charge in [-0.1, -0.05) is 12.8 Å². The summed E-state index contributed by atoms with van der Waals surface area (Å²) in [6.45, 7) is 2.16. The Kier molecular flexibility index (Phi) is 3.20. The topological polar surface area (TPSA) is 32.3 Å². The minimum atomic E-state index is 0.0358. The van der Waals surface area contributed by atoms with Gasteiger partial charge >= 0.3 is 0 Å². The first-order valence-electron chi connectivity index (χ1n) is 3.84. The van der Waals surface area contributed by atoms with Gasteiger partial charge in [-0.2, -0.15) is 0 Å². The van der Waals surface area contributed by atoms with Crippen LogP contribution in [0.3, 0.4) is 0 Å². The molecule has 3 nitrogen and oxygen atoms in total. The first kappa shape index (κ1) is 8.87. The van der Waals surface area contributed by atoms with E-state index in [1.165, 1.54) is 0 Å². The summed E-state index contributed by atoms with van der Waals surface area (Å²) in [6.07, 6.45) is 1.76. The molecule has 1 unspecified atom stereocenters. The molecule has 64 valence electrons. The molecule has 1 N–H and O–H groups in total. The van der Waals surface area contributed by atoms with Crippen LogP contribution in [0.2, 0.25) is 0 Å². The van der Waals surface area contributed by atoms with E-state index >= 15 is 0 Å². The fourth-order valence-electron chi connectivity index (χ4n) is 1.50. The summed E-state index contributed by atoms with van der Waals surface area (Å²) in [4.78, 5) is 13.1. The van der Waals surface area contributed by atoms with Crippen molar-refractivity contribution in [3.8, 4) is 0 Å². The van der Waals surface area contributed by atoms with Gasteiger partial charge in [0.15, 0.2) is 0 Å². The molecule has 1 rings (SSSR count). The minimum Gasteiger partial charge on any atom is -0.306 e. The zero-order valence-corrected chi connectivity index (χ0v) is 7.60. The molecule has 1 heterocycles. The van der Waals surface area contributed by atoms with Gasteiger partial charge in [0.2, 0.25) is 5.91 Å². The van der Waals surface area contributed by atoms with Crippen LogP contribution in [0.1, 0.15) is 12.8 Å². The van der Waals surface area contributed by atoms with Crippen molar-refractivity contribution in [2.75, 3.05) is 20.1 Å². The second-order valence-corrected chi connectivity index (χ2v) is 3.38. The molecule has 0 aromatic heterocycles. The number of carbonyl (C=O) groups excluding carboxylic acids is 1. The fourth-order valence-corrected chi connectivity index (χ4v) is 1.59. The number of carbonyl (C=O) groups is 1. The number of rotatable bonds is 2. The van der Waals surface area contributed by atoms with E-state index in [4.69, 9.17) is 0 Å². The Morgan fingerprint density at radius 3 is 3.00 bits per heavy atom. The summed E-state index contributed by atoms with van der Waals surface area (Å²) in [5.41, 5.74) is 0. The van der Waals surface area contributed by atoms with Crippen LogP contribution in [0.4, 0.5) is 0 Å². The summed E-state index contributed by atoms with van der Waals surface area (Å²) in [5, 5.41) is 0. The number of hydrogen-bond acceptors (Lipinski definition) is 3. The van der Waals surface area contributed by atoms with Gasteiger partial charge in [0, 0.05) is 13.0 Å². The van der Waals surface area contributed by atoms with Crippen LogP contribution in [0, 0.1) is 5.92 Å². The van der Waals surface area contributed by atoms with Gasteiger partial charge in [-0.3, -0.25) is 4.79 Å². The Balaban J connectivity index is 2.23. The largest absolute Gasteiger partial charge is 0.306 e. The van der Waals surface area contributed by atoms with Gasteiger partial charge in [-0.15, -0.1) is 0 Å². The number of thiol groups is 1. The summed E-state index contributed by atoms with van der Waals surface area (Å²) in [7, 11) is 2.08. The molecule has 1 saturated heterocycles. The zero-order valence-electron chi connectivity index (χ0n) is 6.71. The predicted molar refractivity (Wildman–Crippen MR) is 47.3 cm³/mol. The Morgan fingerprint density at radius 1 is 1.82 bits per heavy atom. The fraction of sp³-hybridized carbons (Fsp3) is 0.857. The second-order valence-electron chi connectivity index (χ2n) is 3.16. The maximum absolute atomic E-state index is 10.9. The van der Waals surface area contributed by atoms with Gasteiger partial charge < -0.3 is 9.62 Å². The zero-order chi connectivity index (χ0) is 8.27. The molecule has 1 aliphatic rings. The molecule has 1 amide bonds. The molecular formula is C7H14N2OS. The van der Waals surface area contributed by atoms with E-state index in [1.807, 2.05) is 0 Å². The predicted octanol–water partition coefficient (Wildman–Crippen LogP) is 0.289. The highest BCUT2D eigenvalue weighted by atomic mass is 32.1. The van der Waals surface area contributed by atoms with Gasteiger partial charge in [0.05, 0.1) is 0 Å². The minimum absolute atomic E-state index is 0.0358. The molecule has 1 aliphatic heterocycles. The molecule has 0 bridgehead atoms. The molecule has 0 saturated carbocycles. The lowest BCUT2D eigenvalue weighted by Gasteiger charge is -2.08. The van der Waals surface area contributed by atoms with Crippen molar-refractivity contribution in [2.24, 2.45) is 5.92 Å². The number of amides is 1. The highest BCUT2D eigenvalue weighted by Gasteiger charge is 2.21. The maximum atomic E-state index is 10.9. The van der Waals surface area contributed by atoms with Crippen LogP contribution >= 0.6 is 12.8 Å². The van der Waals surface area contributed by atoms with Crippen molar-refractivity contribution in [1.29, 1.82) is 0 Å². The molecule has 0 aromatic carbocycles. The monoisotopic (exact) mass is 174 g/mol. The maximum Gasteiger partial charge on any atom is 0.229 e. The lowest BCUT2D eigenvalue weighted by molar-refractivity contribution is -0.119. The first-order valence-corrected chi connectivity index (χ1v) is 4.28. The Labute approximate surface area is 72.7 Å².